The summed E-state index contributed by atoms with van der Waals surface area (Å²) in [6.07, 6.45) is 6.58. The lowest BCUT2D eigenvalue weighted by Crippen LogP contribution is -2.34. The number of ether oxygens (including phenoxy) is 1. The van der Waals surface area contributed by atoms with Crippen LogP contribution >= 0.6 is 0 Å². The predicted molar refractivity (Wildman–Crippen MR) is 121 cm³/mol. The SMILES string of the molecule is Cc1cc(OCCCC2CCN(c3ccc(C(C)(C)C)cn3)CC2)ccc1C(=O)O. The number of hydrogen-bond acceptors (Lipinski definition) is 4. The Morgan fingerprint density at radius 1 is 1.20 bits per heavy atom. The summed E-state index contributed by atoms with van der Waals surface area (Å²) >= 11 is 0. The van der Waals surface area contributed by atoms with Gasteiger partial charge in [-0.25, -0.2) is 9.78 Å². The lowest BCUT2D eigenvalue weighted by molar-refractivity contribution is 0.0696. The molecule has 0 atom stereocenters. The van der Waals surface area contributed by atoms with Crippen molar-refractivity contribution >= 4 is 11.8 Å². The second-order valence-electron chi connectivity index (χ2n) is 9.36. The molecule has 1 aliphatic rings. The van der Waals surface area contributed by atoms with Crippen molar-refractivity contribution in [2.24, 2.45) is 5.92 Å². The molecule has 1 fully saturated rings. The summed E-state index contributed by atoms with van der Waals surface area (Å²) in [5, 5.41) is 9.10. The minimum Gasteiger partial charge on any atom is -0.494 e. The van der Waals surface area contributed by atoms with Gasteiger partial charge in [-0.15, -0.1) is 0 Å². The van der Waals surface area contributed by atoms with Crippen molar-refractivity contribution in [3.8, 4) is 5.75 Å². The molecule has 2 aromatic rings. The average Bonchev–Trinajstić information content (AvgIpc) is 2.71. The molecule has 5 nitrogen and oxygen atoms in total. The molecular weight excluding hydrogens is 376 g/mol. The van der Waals surface area contributed by atoms with Gasteiger partial charge in [0, 0.05) is 19.3 Å². The zero-order valence-corrected chi connectivity index (χ0v) is 18.6. The van der Waals surface area contributed by atoms with Crippen molar-refractivity contribution in [1.29, 1.82) is 0 Å². The van der Waals surface area contributed by atoms with Crippen molar-refractivity contribution in [3.05, 3.63) is 53.2 Å². The van der Waals surface area contributed by atoms with Gasteiger partial charge in [0.25, 0.3) is 0 Å². The second kappa shape index (κ2) is 9.50. The second-order valence-corrected chi connectivity index (χ2v) is 9.36. The largest absolute Gasteiger partial charge is 0.494 e. The lowest BCUT2D eigenvalue weighted by atomic mass is 9.88. The third kappa shape index (κ3) is 5.74. The highest BCUT2D eigenvalue weighted by Crippen LogP contribution is 2.27. The van der Waals surface area contributed by atoms with Crippen LogP contribution in [0.4, 0.5) is 5.82 Å². The van der Waals surface area contributed by atoms with Crippen LogP contribution in [0, 0.1) is 12.8 Å². The van der Waals surface area contributed by atoms with E-state index >= 15 is 0 Å². The van der Waals surface area contributed by atoms with E-state index in [2.05, 4.69) is 37.8 Å². The Kier molecular flexibility index (Phi) is 7.01. The fraction of sp³-hybridized carbons (Fsp3) is 0.520. The first-order valence-electron chi connectivity index (χ1n) is 10.9. The third-order valence-corrected chi connectivity index (χ3v) is 6.01. The molecule has 0 saturated carbocycles. The van der Waals surface area contributed by atoms with Gasteiger partial charge in [0.15, 0.2) is 0 Å². The van der Waals surface area contributed by atoms with Crippen molar-refractivity contribution < 1.29 is 14.6 Å². The first-order chi connectivity index (χ1) is 14.2. The van der Waals surface area contributed by atoms with Gasteiger partial charge in [0.1, 0.15) is 11.6 Å². The van der Waals surface area contributed by atoms with Gasteiger partial charge in [-0.1, -0.05) is 26.8 Å². The highest BCUT2D eigenvalue weighted by molar-refractivity contribution is 5.89. The van der Waals surface area contributed by atoms with Crippen LogP contribution in [0.25, 0.3) is 0 Å². The molecule has 1 saturated heterocycles. The Morgan fingerprint density at radius 2 is 1.93 bits per heavy atom. The normalized spacial score (nSPS) is 15.3. The van der Waals surface area contributed by atoms with Gasteiger partial charge >= 0.3 is 5.97 Å². The number of aromatic nitrogens is 1. The van der Waals surface area contributed by atoms with E-state index in [9.17, 15) is 4.79 Å². The minimum absolute atomic E-state index is 0.136. The van der Waals surface area contributed by atoms with E-state index in [1.54, 1.807) is 25.1 Å². The van der Waals surface area contributed by atoms with Crippen LogP contribution in [0.15, 0.2) is 36.5 Å². The van der Waals surface area contributed by atoms with Gasteiger partial charge in [-0.3, -0.25) is 0 Å². The number of piperidine rings is 1. The molecule has 1 aromatic heterocycles. The van der Waals surface area contributed by atoms with E-state index in [4.69, 9.17) is 14.8 Å². The zero-order chi connectivity index (χ0) is 21.7. The monoisotopic (exact) mass is 410 g/mol. The number of pyridine rings is 1. The van der Waals surface area contributed by atoms with Crippen LogP contribution in [-0.2, 0) is 5.41 Å². The van der Waals surface area contributed by atoms with Crippen molar-refractivity contribution in [3.63, 3.8) is 0 Å². The molecule has 0 unspecified atom stereocenters. The first-order valence-corrected chi connectivity index (χ1v) is 10.9. The molecule has 0 radical (unpaired) electrons. The quantitative estimate of drug-likeness (QED) is 0.614. The van der Waals surface area contributed by atoms with Crippen molar-refractivity contribution in [2.45, 2.75) is 58.8 Å². The lowest BCUT2D eigenvalue weighted by Gasteiger charge is -2.33. The summed E-state index contributed by atoms with van der Waals surface area (Å²) in [4.78, 5) is 18.2. The van der Waals surface area contributed by atoms with Gasteiger partial charge < -0.3 is 14.7 Å². The molecule has 1 aromatic carbocycles. The number of nitrogens with zero attached hydrogens (tertiary/aromatic N) is 2. The molecule has 162 valence electrons. The van der Waals surface area contributed by atoms with E-state index in [1.165, 1.54) is 18.4 Å². The van der Waals surface area contributed by atoms with E-state index in [0.717, 1.165) is 49.0 Å². The fourth-order valence-electron chi connectivity index (χ4n) is 4.00. The summed E-state index contributed by atoms with van der Waals surface area (Å²) in [7, 11) is 0. The molecular formula is C25H34N2O3. The van der Waals surface area contributed by atoms with E-state index in [0.29, 0.717) is 12.2 Å². The number of rotatable bonds is 7. The van der Waals surface area contributed by atoms with Crippen LogP contribution in [0.1, 0.15) is 67.9 Å². The number of carbonyl (C=O) groups is 1. The number of hydrogen-bond donors (Lipinski definition) is 1. The van der Waals surface area contributed by atoms with Crippen molar-refractivity contribution in [2.75, 3.05) is 24.6 Å². The van der Waals surface area contributed by atoms with Crippen LogP contribution < -0.4 is 9.64 Å². The molecule has 5 heteroatoms. The first kappa shape index (κ1) is 22.1. The smallest absolute Gasteiger partial charge is 0.335 e. The maximum Gasteiger partial charge on any atom is 0.335 e. The molecule has 1 N–H and O–H groups in total. The minimum atomic E-state index is -0.897. The highest BCUT2D eigenvalue weighted by atomic mass is 16.5. The van der Waals surface area contributed by atoms with E-state index in [-0.39, 0.29) is 5.41 Å². The average molecular weight is 411 g/mol. The van der Waals surface area contributed by atoms with Crippen LogP contribution in [-0.4, -0.2) is 35.8 Å². The van der Waals surface area contributed by atoms with Gasteiger partial charge in [-0.2, -0.15) is 0 Å². The topological polar surface area (TPSA) is 62.7 Å². The van der Waals surface area contributed by atoms with Crippen molar-refractivity contribution in [1.82, 2.24) is 4.98 Å². The maximum atomic E-state index is 11.1. The Hall–Kier alpha value is -2.56. The van der Waals surface area contributed by atoms with Gasteiger partial charge in [-0.05, 0) is 79.3 Å². The molecule has 0 aliphatic carbocycles. The number of carboxylic acid groups (broad SMARTS) is 1. The van der Waals surface area contributed by atoms with Gasteiger partial charge in [0.2, 0.25) is 0 Å². The number of benzene rings is 1. The van der Waals surface area contributed by atoms with Gasteiger partial charge in [0.05, 0.1) is 12.2 Å². The number of aromatic carboxylic acids is 1. The number of anilines is 1. The number of carboxylic acids is 1. The zero-order valence-electron chi connectivity index (χ0n) is 18.6. The molecule has 3 rings (SSSR count). The van der Waals surface area contributed by atoms with Crippen LogP contribution in [0.3, 0.4) is 0 Å². The molecule has 1 aliphatic heterocycles. The Morgan fingerprint density at radius 3 is 2.50 bits per heavy atom. The number of aryl methyl sites for hydroxylation is 1. The summed E-state index contributed by atoms with van der Waals surface area (Å²) in [6.45, 7) is 11.2. The fourth-order valence-corrected chi connectivity index (χ4v) is 4.00. The Labute approximate surface area is 180 Å². The Balaban J connectivity index is 1.39. The third-order valence-electron chi connectivity index (χ3n) is 6.01. The van der Waals surface area contributed by atoms with Crippen LogP contribution in [0.2, 0.25) is 0 Å². The molecule has 0 amide bonds. The Bertz CT molecular complexity index is 848. The molecule has 30 heavy (non-hydrogen) atoms. The summed E-state index contributed by atoms with van der Waals surface area (Å²) in [6, 6.07) is 9.53. The van der Waals surface area contributed by atoms with E-state index in [1.807, 2.05) is 6.20 Å². The molecule has 0 spiro atoms. The molecule has 0 bridgehead atoms. The van der Waals surface area contributed by atoms with E-state index < -0.39 is 5.97 Å². The maximum absolute atomic E-state index is 11.1. The highest BCUT2D eigenvalue weighted by Gasteiger charge is 2.21. The molecule has 2 heterocycles. The summed E-state index contributed by atoms with van der Waals surface area (Å²) < 4.78 is 5.83. The summed E-state index contributed by atoms with van der Waals surface area (Å²) in [5.41, 5.74) is 2.47. The van der Waals surface area contributed by atoms with Crippen LogP contribution in [0.5, 0.6) is 5.75 Å². The standard InChI is InChI=1S/C25H34N2O3/c1-18-16-21(8-9-22(18)24(28)29)30-15-5-6-19-11-13-27(14-12-19)23-10-7-20(17-26-23)25(2,3)4/h7-10,16-17,19H,5-6,11-15H2,1-4H3,(H,28,29). The predicted octanol–water partition coefficient (Wildman–Crippen LogP) is 5.46. The summed E-state index contributed by atoms with van der Waals surface area (Å²) in [5.74, 6) is 1.67.